The van der Waals surface area contributed by atoms with Gasteiger partial charge in [-0.25, -0.2) is 0 Å². The molecule has 0 bridgehead atoms. The normalized spacial score (nSPS) is 10.1. The monoisotopic (exact) mass is 313 g/mol. The summed E-state index contributed by atoms with van der Waals surface area (Å²) in [6.07, 6.45) is 3.59. The first-order valence-corrected chi connectivity index (χ1v) is 7.29. The van der Waals surface area contributed by atoms with Crippen molar-refractivity contribution in [3.63, 3.8) is 0 Å². The molecule has 1 aromatic carbocycles. The summed E-state index contributed by atoms with van der Waals surface area (Å²) in [6.45, 7) is 1.09. The van der Waals surface area contributed by atoms with Crippen molar-refractivity contribution in [2.24, 2.45) is 0 Å². The predicted octanol–water partition coefficient (Wildman–Crippen LogP) is 2.10. The van der Waals surface area contributed by atoms with Crippen molar-refractivity contribution in [3.8, 4) is 0 Å². The molecule has 0 fully saturated rings. The average molecular weight is 313 g/mol. The first kappa shape index (κ1) is 16.6. The van der Waals surface area contributed by atoms with E-state index >= 15 is 0 Å². The zero-order chi connectivity index (χ0) is 16.5. The van der Waals surface area contributed by atoms with E-state index in [9.17, 15) is 9.59 Å². The van der Waals surface area contributed by atoms with Crippen LogP contribution in [0.1, 0.15) is 27.1 Å². The molecule has 23 heavy (non-hydrogen) atoms. The lowest BCUT2D eigenvalue weighted by Crippen LogP contribution is -2.25. The van der Waals surface area contributed by atoms with Crippen molar-refractivity contribution < 1.29 is 14.3 Å². The largest absolute Gasteiger partial charge is 0.385 e. The molecule has 0 radical (unpaired) electrons. The molecule has 1 aromatic heterocycles. The molecule has 0 saturated carbocycles. The minimum absolute atomic E-state index is 0.261. The number of ether oxygens (including phenoxy) is 1. The van der Waals surface area contributed by atoms with Crippen molar-refractivity contribution >= 4 is 17.5 Å². The van der Waals surface area contributed by atoms with Crippen LogP contribution in [-0.4, -0.2) is 37.1 Å². The third kappa shape index (κ3) is 5.19. The van der Waals surface area contributed by atoms with Gasteiger partial charge in [0.15, 0.2) is 0 Å². The van der Waals surface area contributed by atoms with Crippen LogP contribution in [0.4, 0.5) is 5.69 Å². The molecular formula is C17H19N3O3. The number of hydrogen-bond donors (Lipinski definition) is 2. The Hall–Kier alpha value is -2.73. The summed E-state index contributed by atoms with van der Waals surface area (Å²) in [5, 5.41) is 5.52. The Morgan fingerprint density at radius 3 is 2.48 bits per heavy atom. The van der Waals surface area contributed by atoms with Crippen molar-refractivity contribution in [3.05, 3.63) is 59.9 Å². The van der Waals surface area contributed by atoms with E-state index in [-0.39, 0.29) is 11.8 Å². The highest BCUT2D eigenvalue weighted by Crippen LogP contribution is 2.09. The molecule has 2 N–H and O–H groups in total. The maximum Gasteiger partial charge on any atom is 0.257 e. The lowest BCUT2D eigenvalue weighted by molar-refractivity contribution is 0.0948. The quantitative estimate of drug-likeness (QED) is 0.767. The van der Waals surface area contributed by atoms with Gasteiger partial charge in [-0.05, 0) is 24.6 Å². The van der Waals surface area contributed by atoms with E-state index in [4.69, 9.17) is 4.74 Å². The van der Waals surface area contributed by atoms with Gasteiger partial charge in [0.2, 0.25) is 0 Å². The molecule has 0 aliphatic rings. The lowest BCUT2D eigenvalue weighted by Gasteiger charge is -2.07. The van der Waals surface area contributed by atoms with Gasteiger partial charge in [0.1, 0.15) is 0 Å². The summed E-state index contributed by atoms with van der Waals surface area (Å²) >= 11 is 0. The fraction of sp³-hybridized carbons (Fsp3) is 0.235. The molecule has 1 heterocycles. The van der Waals surface area contributed by atoms with Crippen molar-refractivity contribution in [1.82, 2.24) is 10.3 Å². The van der Waals surface area contributed by atoms with Crippen LogP contribution >= 0.6 is 0 Å². The Bertz CT molecular complexity index is 659. The van der Waals surface area contributed by atoms with Crippen LogP contribution < -0.4 is 10.6 Å². The van der Waals surface area contributed by atoms with E-state index in [1.54, 1.807) is 19.2 Å². The molecular weight excluding hydrogens is 294 g/mol. The Morgan fingerprint density at radius 1 is 1.09 bits per heavy atom. The number of carbonyl (C=O) groups excluding carboxylic acids is 2. The minimum atomic E-state index is -0.308. The molecule has 120 valence electrons. The molecule has 6 nitrogen and oxygen atoms in total. The summed E-state index contributed by atoms with van der Waals surface area (Å²) in [4.78, 5) is 28.2. The summed E-state index contributed by atoms with van der Waals surface area (Å²) in [6, 6.07) is 10.6. The van der Waals surface area contributed by atoms with Gasteiger partial charge in [0, 0.05) is 38.3 Å². The molecule has 0 unspecified atom stereocenters. The SMILES string of the molecule is COCCCNC(=O)c1cncc(C(=O)Nc2ccccc2)c1. The first-order chi connectivity index (χ1) is 11.2. The van der Waals surface area contributed by atoms with Crippen LogP contribution in [0.3, 0.4) is 0 Å². The van der Waals surface area contributed by atoms with Crippen molar-refractivity contribution in [2.45, 2.75) is 6.42 Å². The van der Waals surface area contributed by atoms with E-state index < -0.39 is 0 Å². The van der Waals surface area contributed by atoms with Crippen LogP contribution in [0.15, 0.2) is 48.8 Å². The van der Waals surface area contributed by atoms with E-state index in [2.05, 4.69) is 15.6 Å². The highest BCUT2D eigenvalue weighted by Gasteiger charge is 2.11. The van der Waals surface area contributed by atoms with Gasteiger partial charge in [-0.3, -0.25) is 14.6 Å². The van der Waals surface area contributed by atoms with E-state index in [1.165, 1.54) is 18.5 Å². The topological polar surface area (TPSA) is 80.3 Å². The third-order valence-corrected chi connectivity index (χ3v) is 3.11. The number of nitrogens with one attached hydrogen (secondary N) is 2. The first-order valence-electron chi connectivity index (χ1n) is 7.29. The van der Waals surface area contributed by atoms with E-state index in [0.29, 0.717) is 30.0 Å². The fourth-order valence-corrected chi connectivity index (χ4v) is 1.93. The molecule has 0 spiro atoms. The fourth-order valence-electron chi connectivity index (χ4n) is 1.93. The number of para-hydroxylation sites is 1. The molecule has 0 aliphatic heterocycles. The number of anilines is 1. The van der Waals surface area contributed by atoms with Crippen LogP contribution in [0.2, 0.25) is 0 Å². The smallest absolute Gasteiger partial charge is 0.257 e. The van der Waals surface area contributed by atoms with Gasteiger partial charge in [-0.15, -0.1) is 0 Å². The highest BCUT2D eigenvalue weighted by molar-refractivity contribution is 6.05. The summed E-state index contributed by atoms with van der Waals surface area (Å²) in [5.74, 6) is -0.569. The second-order valence-corrected chi connectivity index (χ2v) is 4.88. The summed E-state index contributed by atoms with van der Waals surface area (Å²) in [7, 11) is 1.61. The Balaban J connectivity index is 1.98. The molecule has 6 heteroatoms. The zero-order valence-electron chi connectivity index (χ0n) is 12.9. The Morgan fingerprint density at radius 2 is 1.78 bits per heavy atom. The molecule has 0 saturated heterocycles. The van der Waals surface area contributed by atoms with Gasteiger partial charge in [0.25, 0.3) is 11.8 Å². The number of rotatable bonds is 7. The standard InChI is InChI=1S/C17H19N3O3/c1-23-9-5-8-19-16(21)13-10-14(12-18-11-13)17(22)20-15-6-3-2-4-7-15/h2-4,6-7,10-12H,5,8-9H2,1H3,(H,19,21)(H,20,22). The average Bonchev–Trinajstić information content (AvgIpc) is 2.59. The second kappa shape index (κ2) is 8.65. The molecule has 2 rings (SSSR count). The number of methoxy groups -OCH3 is 1. The Labute approximate surface area is 134 Å². The maximum absolute atomic E-state index is 12.2. The van der Waals surface area contributed by atoms with Crippen LogP contribution in [0.25, 0.3) is 0 Å². The van der Waals surface area contributed by atoms with Gasteiger partial charge in [-0.1, -0.05) is 18.2 Å². The van der Waals surface area contributed by atoms with Crippen LogP contribution in [0.5, 0.6) is 0 Å². The van der Waals surface area contributed by atoms with Gasteiger partial charge in [0.05, 0.1) is 11.1 Å². The molecule has 0 atom stereocenters. The molecule has 2 amide bonds. The zero-order valence-corrected chi connectivity index (χ0v) is 12.9. The number of hydrogen-bond acceptors (Lipinski definition) is 4. The van der Waals surface area contributed by atoms with E-state index in [0.717, 1.165) is 6.42 Å². The molecule has 2 aromatic rings. The number of amides is 2. The van der Waals surface area contributed by atoms with Crippen molar-refractivity contribution in [2.75, 3.05) is 25.6 Å². The Kier molecular flexibility index (Phi) is 6.26. The number of carbonyl (C=O) groups is 2. The highest BCUT2D eigenvalue weighted by atomic mass is 16.5. The minimum Gasteiger partial charge on any atom is -0.385 e. The van der Waals surface area contributed by atoms with Crippen LogP contribution in [-0.2, 0) is 4.74 Å². The van der Waals surface area contributed by atoms with Crippen molar-refractivity contribution in [1.29, 1.82) is 0 Å². The van der Waals surface area contributed by atoms with Crippen LogP contribution in [0, 0.1) is 0 Å². The lowest BCUT2D eigenvalue weighted by atomic mass is 10.2. The summed E-state index contributed by atoms with van der Waals surface area (Å²) in [5.41, 5.74) is 1.37. The second-order valence-electron chi connectivity index (χ2n) is 4.88. The van der Waals surface area contributed by atoms with Gasteiger partial charge < -0.3 is 15.4 Å². The molecule has 0 aliphatic carbocycles. The summed E-state index contributed by atoms with van der Waals surface area (Å²) < 4.78 is 4.92. The number of benzene rings is 1. The van der Waals surface area contributed by atoms with Gasteiger partial charge in [-0.2, -0.15) is 0 Å². The number of nitrogens with zero attached hydrogens (tertiary/aromatic N) is 1. The third-order valence-electron chi connectivity index (χ3n) is 3.11. The maximum atomic E-state index is 12.2. The van der Waals surface area contributed by atoms with Gasteiger partial charge >= 0.3 is 0 Å². The van der Waals surface area contributed by atoms with E-state index in [1.807, 2.05) is 18.2 Å². The number of pyridine rings is 1. The predicted molar refractivity (Wildman–Crippen MR) is 87.5 cm³/mol. The number of aromatic nitrogens is 1.